The van der Waals surface area contributed by atoms with Crippen molar-refractivity contribution in [2.45, 2.75) is 27.7 Å². The maximum Gasteiger partial charge on any atom is 0.338 e. The standard InChI is InChI=1S/C19H21NO5/c1-5-24-18(22)14-8-15(19(23)25-6-2)10-17(9-14)20-12(3)7-16(11-21)13(20)4/h7-11H,5-6H2,1-4H3. The van der Waals surface area contributed by atoms with Crippen molar-refractivity contribution >= 4 is 18.2 Å². The minimum Gasteiger partial charge on any atom is -0.462 e. The molecule has 0 saturated carbocycles. The van der Waals surface area contributed by atoms with Crippen molar-refractivity contribution in [3.05, 3.63) is 52.3 Å². The van der Waals surface area contributed by atoms with E-state index in [0.717, 1.165) is 17.7 Å². The molecule has 0 atom stereocenters. The number of hydrogen-bond donors (Lipinski definition) is 0. The van der Waals surface area contributed by atoms with Gasteiger partial charge >= 0.3 is 11.9 Å². The topological polar surface area (TPSA) is 74.6 Å². The highest BCUT2D eigenvalue weighted by Crippen LogP contribution is 2.23. The largest absolute Gasteiger partial charge is 0.462 e. The molecule has 1 aromatic carbocycles. The van der Waals surface area contributed by atoms with E-state index in [1.54, 1.807) is 39.0 Å². The molecule has 132 valence electrons. The molecule has 0 spiro atoms. The van der Waals surface area contributed by atoms with E-state index in [1.165, 1.54) is 6.07 Å². The zero-order chi connectivity index (χ0) is 18.6. The van der Waals surface area contributed by atoms with E-state index in [9.17, 15) is 14.4 Å². The molecule has 0 amide bonds. The van der Waals surface area contributed by atoms with Crippen LogP contribution in [0.5, 0.6) is 0 Å². The molecule has 6 nitrogen and oxygen atoms in total. The summed E-state index contributed by atoms with van der Waals surface area (Å²) in [5.41, 5.74) is 3.19. The van der Waals surface area contributed by atoms with Crippen molar-refractivity contribution in [3.8, 4) is 5.69 Å². The quantitative estimate of drug-likeness (QED) is 0.594. The number of benzene rings is 1. The van der Waals surface area contributed by atoms with Gasteiger partial charge in [0.2, 0.25) is 0 Å². The Morgan fingerprint density at radius 2 is 1.48 bits per heavy atom. The van der Waals surface area contributed by atoms with Gasteiger partial charge in [-0.25, -0.2) is 9.59 Å². The molecule has 0 N–H and O–H groups in total. The van der Waals surface area contributed by atoms with Crippen LogP contribution >= 0.6 is 0 Å². The Balaban J connectivity index is 2.64. The third-order valence-electron chi connectivity index (χ3n) is 3.80. The summed E-state index contributed by atoms with van der Waals surface area (Å²) in [6.45, 7) is 7.54. The molecule has 1 aromatic heterocycles. The summed E-state index contributed by atoms with van der Waals surface area (Å²) in [5, 5.41) is 0. The monoisotopic (exact) mass is 343 g/mol. The maximum atomic E-state index is 12.2. The fraction of sp³-hybridized carbons (Fsp3) is 0.316. The Morgan fingerprint density at radius 1 is 0.960 bits per heavy atom. The molecule has 1 heterocycles. The van der Waals surface area contributed by atoms with Crippen LogP contribution in [0, 0.1) is 13.8 Å². The second-order valence-corrected chi connectivity index (χ2v) is 5.49. The fourth-order valence-electron chi connectivity index (χ4n) is 2.71. The molecule has 0 radical (unpaired) electrons. The third-order valence-corrected chi connectivity index (χ3v) is 3.80. The molecule has 0 fully saturated rings. The summed E-state index contributed by atoms with van der Waals surface area (Å²) in [5.74, 6) is -1.04. The number of carbonyl (C=O) groups is 3. The molecule has 2 rings (SSSR count). The molecular formula is C19H21NO5. The number of rotatable bonds is 6. The first-order valence-corrected chi connectivity index (χ1v) is 8.06. The summed E-state index contributed by atoms with van der Waals surface area (Å²) < 4.78 is 11.9. The van der Waals surface area contributed by atoms with Crippen LogP contribution in [0.4, 0.5) is 0 Å². The van der Waals surface area contributed by atoms with Gasteiger partial charge in [0, 0.05) is 22.6 Å². The lowest BCUT2D eigenvalue weighted by Gasteiger charge is -2.13. The van der Waals surface area contributed by atoms with Crippen molar-refractivity contribution in [1.29, 1.82) is 0 Å². The number of aldehydes is 1. The van der Waals surface area contributed by atoms with Crippen molar-refractivity contribution in [2.75, 3.05) is 13.2 Å². The molecular weight excluding hydrogens is 322 g/mol. The van der Waals surface area contributed by atoms with Gasteiger partial charge in [-0.2, -0.15) is 0 Å². The van der Waals surface area contributed by atoms with E-state index in [-0.39, 0.29) is 24.3 Å². The predicted octanol–water partition coefficient (Wildman–Crippen LogP) is 3.26. The first-order valence-electron chi connectivity index (χ1n) is 8.06. The first-order chi connectivity index (χ1) is 11.9. The molecule has 25 heavy (non-hydrogen) atoms. The lowest BCUT2D eigenvalue weighted by Crippen LogP contribution is -2.11. The Kier molecular flexibility index (Phi) is 5.75. The summed E-state index contributed by atoms with van der Waals surface area (Å²) in [6.07, 6.45) is 0.778. The smallest absolute Gasteiger partial charge is 0.338 e. The van der Waals surface area contributed by atoms with Gasteiger partial charge in [-0.15, -0.1) is 0 Å². The van der Waals surface area contributed by atoms with Crippen LogP contribution in [-0.2, 0) is 9.47 Å². The van der Waals surface area contributed by atoms with E-state index in [2.05, 4.69) is 0 Å². The SMILES string of the molecule is CCOC(=O)c1cc(C(=O)OCC)cc(-n2c(C)cc(C=O)c2C)c1. The van der Waals surface area contributed by atoms with E-state index in [0.29, 0.717) is 11.3 Å². The van der Waals surface area contributed by atoms with Crippen LogP contribution in [0.1, 0.15) is 56.3 Å². The highest BCUT2D eigenvalue weighted by atomic mass is 16.5. The Labute approximate surface area is 146 Å². The maximum absolute atomic E-state index is 12.2. The van der Waals surface area contributed by atoms with E-state index in [1.807, 2.05) is 11.5 Å². The molecule has 0 aliphatic carbocycles. The van der Waals surface area contributed by atoms with Crippen molar-refractivity contribution < 1.29 is 23.9 Å². The van der Waals surface area contributed by atoms with Gasteiger partial charge in [-0.05, 0) is 52.0 Å². The first kappa shape index (κ1) is 18.4. The number of hydrogen-bond acceptors (Lipinski definition) is 5. The number of esters is 2. The average Bonchev–Trinajstić information content (AvgIpc) is 2.88. The normalized spacial score (nSPS) is 10.4. The van der Waals surface area contributed by atoms with Gasteiger partial charge in [0.25, 0.3) is 0 Å². The fourth-order valence-corrected chi connectivity index (χ4v) is 2.71. The number of nitrogens with zero attached hydrogens (tertiary/aromatic N) is 1. The van der Waals surface area contributed by atoms with Gasteiger partial charge in [0.15, 0.2) is 6.29 Å². The summed E-state index contributed by atoms with van der Waals surface area (Å²) in [4.78, 5) is 35.5. The van der Waals surface area contributed by atoms with Crippen LogP contribution in [0.3, 0.4) is 0 Å². The number of carbonyl (C=O) groups excluding carboxylic acids is 3. The number of ether oxygens (including phenoxy) is 2. The number of aryl methyl sites for hydroxylation is 1. The van der Waals surface area contributed by atoms with E-state index < -0.39 is 11.9 Å². The van der Waals surface area contributed by atoms with Crippen molar-refractivity contribution in [3.63, 3.8) is 0 Å². The summed E-state index contributed by atoms with van der Waals surface area (Å²) >= 11 is 0. The lowest BCUT2D eigenvalue weighted by atomic mass is 10.1. The minimum absolute atomic E-state index is 0.231. The second kappa shape index (κ2) is 7.79. The van der Waals surface area contributed by atoms with Crippen LogP contribution < -0.4 is 0 Å². The zero-order valence-electron chi connectivity index (χ0n) is 14.8. The third kappa shape index (κ3) is 3.79. The molecule has 0 bridgehead atoms. The predicted molar refractivity (Wildman–Crippen MR) is 92.5 cm³/mol. The zero-order valence-corrected chi connectivity index (χ0v) is 14.8. The molecule has 6 heteroatoms. The van der Waals surface area contributed by atoms with Gasteiger partial charge in [-0.1, -0.05) is 0 Å². The van der Waals surface area contributed by atoms with Gasteiger partial charge < -0.3 is 14.0 Å². The van der Waals surface area contributed by atoms with Gasteiger partial charge in [-0.3, -0.25) is 4.79 Å². The minimum atomic E-state index is -0.520. The molecule has 2 aromatic rings. The van der Waals surface area contributed by atoms with Crippen LogP contribution in [0.15, 0.2) is 24.3 Å². The average molecular weight is 343 g/mol. The van der Waals surface area contributed by atoms with Gasteiger partial charge in [0.05, 0.1) is 24.3 Å². The lowest BCUT2D eigenvalue weighted by molar-refractivity contribution is 0.0525. The Hall–Kier alpha value is -2.89. The van der Waals surface area contributed by atoms with E-state index in [4.69, 9.17) is 9.47 Å². The molecule has 0 aliphatic heterocycles. The van der Waals surface area contributed by atoms with Crippen LogP contribution in [0.25, 0.3) is 5.69 Å². The molecule has 0 saturated heterocycles. The molecule has 0 unspecified atom stereocenters. The second-order valence-electron chi connectivity index (χ2n) is 5.49. The molecule has 0 aliphatic rings. The highest BCUT2D eigenvalue weighted by molar-refractivity contribution is 5.96. The van der Waals surface area contributed by atoms with Crippen LogP contribution in [0.2, 0.25) is 0 Å². The van der Waals surface area contributed by atoms with E-state index >= 15 is 0 Å². The van der Waals surface area contributed by atoms with Crippen molar-refractivity contribution in [2.24, 2.45) is 0 Å². The summed E-state index contributed by atoms with van der Waals surface area (Å²) in [7, 11) is 0. The highest BCUT2D eigenvalue weighted by Gasteiger charge is 2.18. The Morgan fingerprint density at radius 3 is 1.88 bits per heavy atom. The van der Waals surface area contributed by atoms with Crippen LogP contribution in [-0.4, -0.2) is 36.0 Å². The van der Waals surface area contributed by atoms with Crippen molar-refractivity contribution in [1.82, 2.24) is 4.57 Å². The number of aromatic nitrogens is 1. The Bertz CT molecular complexity index is 783. The van der Waals surface area contributed by atoms with Gasteiger partial charge in [0.1, 0.15) is 0 Å². The summed E-state index contributed by atoms with van der Waals surface area (Å²) in [6, 6.07) is 6.47.